The van der Waals surface area contributed by atoms with Crippen LogP contribution in [-0.4, -0.2) is 33.3 Å². The first-order valence-electron chi connectivity index (χ1n) is 5.36. The quantitative estimate of drug-likeness (QED) is 0.360. The first-order chi connectivity index (χ1) is 9.23. The predicted molar refractivity (Wildman–Crippen MR) is 71.8 cm³/mol. The second-order valence-corrected chi connectivity index (χ2v) is 5.40. The van der Waals surface area contributed by atoms with Gasteiger partial charge in [0, 0.05) is 5.38 Å². The summed E-state index contributed by atoms with van der Waals surface area (Å²) in [6, 6.07) is 0. The minimum atomic E-state index is -1.38. The van der Waals surface area contributed by atoms with E-state index in [2.05, 4.69) is 15.0 Å². The van der Waals surface area contributed by atoms with E-state index in [1.165, 1.54) is 11.3 Å². The number of hydrogen-bond acceptors (Lipinski definition) is 8. The Labute approximate surface area is 118 Å². The largest absolute Gasteiger partial charge is 0.476 e. The van der Waals surface area contributed by atoms with Gasteiger partial charge in [0.1, 0.15) is 11.3 Å². The van der Waals surface area contributed by atoms with E-state index in [9.17, 15) is 9.59 Å². The second kappa shape index (κ2) is 6.18. The molecule has 0 saturated heterocycles. The highest BCUT2D eigenvalue weighted by atomic mass is 32.1. The van der Waals surface area contributed by atoms with Crippen molar-refractivity contribution in [3.63, 3.8) is 0 Å². The molecule has 1 heterocycles. The third-order valence-corrected chi connectivity index (χ3v) is 2.34. The molecule has 8 nitrogen and oxygen atoms in total. The van der Waals surface area contributed by atoms with E-state index >= 15 is 0 Å². The number of carboxylic acid groups (broad SMARTS) is 1. The normalized spacial score (nSPS) is 11.7. The summed E-state index contributed by atoms with van der Waals surface area (Å²) in [7, 11) is 0. The van der Waals surface area contributed by atoms with Crippen molar-refractivity contribution in [2.75, 3.05) is 5.73 Å². The fourth-order valence-electron chi connectivity index (χ4n) is 1.02. The van der Waals surface area contributed by atoms with Crippen LogP contribution in [0.15, 0.2) is 16.5 Å². The molecule has 1 aromatic rings. The first-order valence-corrected chi connectivity index (χ1v) is 6.24. The van der Waals surface area contributed by atoms with Crippen molar-refractivity contribution in [3.8, 4) is 0 Å². The van der Waals surface area contributed by atoms with Gasteiger partial charge in [0.15, 0.2) is 5.13 Å². The van der Waals surface area contributed by atoms with Crippen molar-refractivity contribution in [3.05, 3.63) is 17.0 Å². The Balaban J connectivity index is 2.94. The van der Waals surface area contributed by atoms with Crippen LogP contribution in [0.4, 0.5) is 5.13 Å². The van der Waals surface area contributed by atoms with Crippen LogP contribution in [0, 0.1) is 0 Å². The van der Waals surface area contributed by atoms with E-state index in [1.54, 1.807) is 20.8 Å². The Bertz CT molecular complexity index is 581. The summed E-state index contributed by atoms with van der Waals surface area (Å²) in [4.78, 5) is 30.1. The summed E-state index contributed by atoms with van der Waals surface area (Å²) in [6.07, 6.45) is 0. The van der Waals surface area contributed by atoms with Gasteiger partial charge in [-0.2, -0.15) is 0 Å². The zero-order valence-corrected chi connectivity index (χ0v) is 11.9. The topological polar surface area (TPSA) is 124 Å². The lowest BCUT2D eigenvalue weighted by Crippen LogP contribution is -2.20. The lowest BCUT2D eigenvalue weighted by Gasteiger charge is -2.19. The van der Waals surface area contributed by atoms with Gasteiger partial charge in [-0.15, -0.1) is 11.3 Å². The summed E-state index contributed by atoms with van der Waals surface area (Å²) in [5.41, 5.74) is 4.23. The Morgan fingerprint density at radius 2 is 2.20 bits per heavy atom. The highest BCUT2D eigenvalue weighted by Crippen LogP contribution is 2.15. The van der Waals surface area contributed by atoms with Gasteiger partial charge in [-0.05, 0) is 20.8 Å². The van der Waals surface area contributed by atoms with Crippen LogP contribution in [0.5, 0.6) is 0 Å². The minimum Gasteiger partial charge on any atom is -0.476 e. The van der Waals surface area contributed by atoms with Crippen LogP contribution in [0.25, 0.3) is 0 Å². The molecular weight excluding hydrogens is 286 g/mol. The van der Waals surface area contributed by atoms with Crippen LogP contribution in [-0.2, 0) is 19.2 Å². The maximum absolute atomic E-state index is 11.1. The highest BCUT2D eigenvalue weighted by molar-refractivity contribution is 7.13. The molecule has 0 amide bonds. The van der Waals surface area contributed by atoms with Crippen LogP contribution < -0.4 is 5.73 Å². The lowest BCUT2D eigenvalue weighted by atomic mass is 10.2. The van der Waals surface area contributed by atoms with E-state index in [4.69, 9.17) is 15.6 Å². The predicted octanol–water partition coefficient (Wildman–Crippen LogP) is 1.02. The van der Waals surface area contributed by atoms with Crippen LogP contribution in [0.2, 0.25) is 0 Å². The number of rotatable bonds is 5. The molecule has 0 atom stereocenters. The van der Waals surface area contributed by atoms with Crippen molar-refractivity contribution >= 4 is 34.1 Å². The van der Waals surface area contributed by atoms with Crippen molar-refractivity contribution in [2.45, 2.75) is 26.4 Å². The average molecular weight is 299 g/mol. The smallest absolute Gasteiger partial charge is 0.397 e. The van der Waals surface area contributed by atoms with Crippen molar-refractivity contribution in [1.29, 1.82) is 0 Å². The zero-order chi connectivity index (χ0) is 15.3. The molecule has 0 spiro atoms. The van der Waals surface area contributed by atoms with Gasteiger partial charge >= 0.3 is 11.9 Å². The maximum atomic E-state index is 11.1. The summed E-state index contributed by atoms with van der Waals surface area (Å²) in [5.74, 6) is -0.559. The maximum Gasteiger partial charge on any atom is 0.397 e. The number of anilines is 1. The number of hydrogen-bond donors (Lipinski definition) is 2. The summed E-state index contributed by atoms with van der Waals surface area (Å²) < 4.78 is 5.09. The fraction of sp³-hybridized carbons (Fsp3) is 0.364. The second-order valence-electron chi connectivity index (χ2n) is 4.51. The molecule has 9 heteroatoms. The number of aromatic nitrogens is 1. The zero-order valence-electron chi connectivity index (χ0n) is 11.0. The number of nitrogens with two attached hydrogens (primary N) is 1. The number of aliphatic carboxylic acids is 1. The molecular formula is C11H13N3O5S. The van der Waals surface area contributed by atoms with E-state index in [-0.39, 0.29) is 10.8 Å². The number of carbonyl (C=O) groups excluding carboxylic acids is 1. The molecule has 0 unspecified atom stereocenters. The Morgan fingerprint density at radius 3 is 2.60 bits per heavy atom. The number of oxime groups is 1. The number of carbonyl (C=O) groups is 1. The summed E-state index contributed by atoms with van der Waals surface area (Å²) >= 11 is 1.05. The lowest BCUT2D eigenvalue weighted by molar-refractivity contribution is -0.129. The molecule has 0 aliphatic rings. The van der Waals surface area contributed by atoms with Gasteiger partial charge in [0.2, 0.25) is 11.7 Å². The van der Waals surface area contributed by atoms with Gasteiger partial charge in [0.05, 0.1) is 0 Å². The molecule has 1 aromatic heterocycles. The van der Waals surface area contributed by atoms with Crippen molar-refractivity contribution < 1.29 is 24.3 Å². The van der Waals surface area contributed by atoms with Gasteiger partial charge in [-0.3, -0.25) is 0 Å². The SMILES string of the molecule is CC(C)(C)OC(=C=O)ON=C(C(=O)O)c1csc(N)n1. The van der Waals surface area contributed by atoms with Crippen LogP contribution in [0.3, 0.4) is 0 Å². The van der Waals surface area contributed by atoms with E-state index < -0.39 is 23.2 Å². The first kappa shape index (κ1) is 15.7. The Kier molecular flexibility index (Phi) is 4.84. The number of thiazole rings is 1. The molecule has 108 valence electrons. The number of carboxylic acids is 1. The number of ether oxygens (including phenoxy) is 1. The van der Waals surface area contributed by atoms with E-state index in [1.807, 2.05) is 0 Å². The molecule has 0 bridgehead atoms. The molecule has 20 heavy (non-hydrogen) atoms. The highest BCUT2D eigenvalue weighted by Gasteiger charge is 2.20. The molecule has 0 aromatic carbocycles. The monoisotopic (exact) mass is 299 g/mol. The molecule has 3 N–H and O–H groups in total. The van der Waals surface area contributed by atoms with Crippen molar-refractivity contribution in [1.82, 2.24) is 4.98 Å². The summed E-state index contributed by atoms with van der Waals surface area (Å²) in [6.45, 7) is 5.03. The summed E-state index contributed by atoms with van der Waals surface area (Å²) in [5, 5.41) is 14.0. The van der Waals surface area contributed by atoms with Crippen LogP contribution in [0.1, 0.15) is 26.5 Å². The fourth-order valence-corrected chi connectivity index (χ4v) is 1.56. The number of nitrogen functional groups attached to an aromatic ring is 1. The standard InChI is InChI=1S/C11H13N3O5S/c1-11(2,3)18-7(4-15)19-14-8(9(16)17)6-5-20-10(12)13-6/h5H,1-3H3,(H2,12,13)(H,16,17). The van der Waals surface area contributed by atoms with Crippen molar-refractivity contribution in [2.24, 2.45) is 5.16 Å². The van der Waals surface area contributed by atoms with Gasteiger partial charge < -0.3 is 20.4 Å². The number of nitrogens with zero attached hydrogens (tertiary/aromatic N) is 2. The van der Waals surface area contributed by atoms with Crippen LogP contribution >= 0.6 is 11.3 Å². The molecule has 1 rings (SSSR count). The molecule has 0 saturated carbocycles. The third kappa shape index (κ3) is 4.71. The van der Waals surface area contributed by atoms with Gasteiger partial charge in [-0.1, -0.05) is 5.16 Å². The van der Waals surface area contributed by atoms with E-state index in [0.717, 1.165) is 11.3 Å². The average Bonchev–Trinajstić information content (AvgIpc) is 2.72. The van der Waals surface area contributed by atoms with E-state index in [0.29, 0.717) is 0 Å². The molecule has 0 aliphatic carbocycles. The molecule has 0 aliphatic heterocycles. The molecule has 0 fully saturated rings. The Hall–Kier alpha value is -2.38. The Morgan fingerprint density at radius 1 is 1.55 bits per heavy atom. The van der Waals surface area contributed by atoms with Gasteiger partial charge in [0.25, 0.3) is 0 Å². The minimum absolute atomic E-state index is 0.0287. The molecule has 0 radical (unpaired) electrons. The van der Waals surface area contributed by atoms with Gasteiger partial charge in [-0.25, -0.2) is 14.6 Å². The third-order valence-electron chi connectivity index (χ3n) is 1.67.